The Labute approximate surface area is 127 Å². The van der Waals surface area contributed by atoms with Gasteiger partial charge in [0.15, 0.2) is 0 Å². The highest BCUT2D eigenvalue weighted by Gasteiger charge is 2.29. The molecule has 1 rings (SSSR count). The minimum atomic E-state index is -3.44. The molecule has 6 nitrogen and oxygen atoms in total. The van der Waals surface area contributed by atoms with Crippen LogP contribution < -0.4 is 5.73 Å². The summed E-state index contributed by atoms with van der Waals surface area (Å²) >= 11 is 4.84. The Bertz CT molecular complexity index is 393. The van der Waals surface area contributed by atoms with Crippen LogP contribution in [-0.4, -0.2) is 61.9 Å². The van der Waals surface area contributed by atoms with Crippen LogP contribution in [0.15, 0.2) is 0 Å². The summed E-state index contributed by atoms with van der Waals surface area (Å²) < 4.78 is 33.3. The molecule has 0 amide bonds. The molecule has 1 heterocycles. The fourth-order valence-electron chi connectivity index (χ4n) is 2.21. The van der Waals surface area contributed by atoms with Gasteiger partial charge in [-0.15, -0.1) is 0 Å². The quantitative estimate of drug-likeness (QED) is 0.667. The molecule has 1 fully saturated rings. The molecule has 1 saturated heterocycles. The Morgan fingerprint density at radius 3 is 2.35 bits per heavy atom. The number of ether oxygens (including phenoxy) is 1. The van der Waals surface area contributed by atoms with E-state index < -0.39 is 10.2 Å². The van der Waals surface area contributed by atoms with Gasteiger partial charge in [-0.1, -0.05) is 25.1 Å². The van der Waals surface area contributed by atoms with E-state index in [0.29, 0.717) is 44.2 Å². The number of thiocarbonyl (C=S) groups is 1. The van der Waals surface area contributed by atoms with E-state index in [2.05, 4.69) is 0 Å². The van der Waals surface area contributed by atoms with Gasteiger partial charge in [0.2, 0.25) is 0 Å². The number of nitrogens with two attached hydrogens (primary N) is 1. The van der Waals surface area contributed by atoms with Crippen molar-refractivity contribution in [3.8, 4) is 0 Å². The summed E-state index contributed by atoms with van der Waals surface area (Å²) in [5.41, 5.74) is 5.48. The topological polar surface area (TPSA) is 75.9 Å². The number of rotatable bonds is 8. The van der Waals surface area contributed by atoms with Gasteiger partial charge in [-0.05, 0) is 12.8 Å². The summed E-state index contributed by atoms with van der Waals surface area (Å²) in [6.07, 6.45) is 4.43. The van der Waals surface area contributed by atoms with Crippen LogP contribution in [0, 0.1) is 0 Å². The first kappa shape index (κ1) is 17.8. The van der Waals surface area contributed by atoms with Gasteiger partial charge < -0.3 is 10.5 Å². The second kappa shape index (κ2) is 8.89. The summed E-state index contributed by atoms with van der Waals surface area (Å²) in [5.74, 6) is 0. The van der Waals surface area contributed by atoms with E-state index >= 15 is 0 Å². The van der Waals surface area contributed by atoms with Gasteiger partial charge in [-0.3, -0.25) is 0 Å². The van der Waals surface area contributed by atoms with Gasteiger partial charge in [0.25, 0.3) is 10.2 Å². The molecular weight excluding hydrogens is 298 g/mol. The first-order chi connectivity index (χ1) is 9.48. The van der Waals surface area contributed by atoms with Crippen LogP contribution in [0.5, 0.6) is 0 Å². The van der Waals surface area contributed by atoms with Crippen LogP contribution >= 0.6 is 12.2 Å². The third-order valence-corrected chi connectivity index (χ3v) is 5.61. The van der Waals surface area contributed by atoms with Crippen molar-refractivity contribution in [3.05, 3.63) is 0 Å². The number of methoxy groups -OCH3 is 1. The second-order valence-corrected chi connectivity index (χ2v) is 7.38. The van der Waals surface area contributed by atoms with Gasteiger partial charge in [0, 0.05) is 39.7 Å². The van der Waals surface area contributed by atoms with Crippen molar-refractivity contribution >= 4 is 27.4 Å². The molecule has 118 valence electrons. The van der Waals surface area contributed by atoms with E-state index in [-0.39, 0.29) is 0 Å². The summed E-state index contributed by atoms with van der Waals surface area (Å²) in [5, 5.41) is 0. The van der Waals surface area contributed by atoms with Crippen molar-refractivity contribution in [1.82, 2.24) is 8.61 Å². The van der Waals surface area contributed by atoms with E-state index in [1.807, 2.05) is 0 Å². The minimum absolute atomic E-state index is 0.317. The lowest BCUT2D eigenvalue weighted by molar-refractivity contribution is 0.176. The third-order valence-electron chi connectivity index (χ3n) is 3.37. The SMILES string of the molecule is COCCN(CCC(N)=S)S(=O)(=O)N1CCCCCC1. The van der Waals surface area contributed by atoms with Crippen molar-refractivity contribution in [2.24, 2.45) is 5.73 Å². The predicted molar refractivity (Wildman–Crippen MR) is 83.8 cm³/mol. The van der Waals surface area contributed by atoms with E-state index in [1.54, 1.807) is 11.4 Å². The lowest BCUT2D eigenvalue weighted by Gasteiger charge is -2.29. The molecular formula is C12H25N3O3S2. The van der Waals surface area contributed by atoms with E-state index in [4.69, 9.17) is 22.7 Å². The third kappa shape index (κ3) is 5.61. The van der Waals surface area contributed by atoms with Gasteiger partial charge in [0.1, 0.15) is 0 Å². The normalized spacial score (nSPS) is 18.1. The maximum atomic E-state index is 12.7. The van der Waals surface area contributed by atoms with Crippen LogP contribution in [-0.2, 0) is 14.9 Å². The summed E-state index contributed by atoms with van der Waals surface area (Å²) in [6, 6.07) is 0. The van der Waals surface area contributed by atoms with Crippen molar-refractivity contribution < 1.29 is 13.2 Å². The molecule has 1 aliphatic heterocycles. The predicted octanol–water partition coefficient (Wildman–Crippen LogP) is 0.732. The van der Waals surface area contributed by atoms with E-state index in [0.717, 1.165) is 25.7 Å². The fourth-order valence-corrected chi connectivity index (χ4v) is 3.97. The Kier molecular flexibility index (Phi) is 7.90. The maximum Gasteiger partial charge on any atom is 0.282 e. The lowest BCUT2D eigenvalue weighted by atomic mass is 10.2. The zero-order valence-corrected chi connectivity index (χ0v) is 13.7. The van der Waals surface area contributed by atoms with Gasteiger partial charge in [0.05, 0.1) is 11.6 Å². The fraction of sp³-hybridized carbons (Fsp3) is 0.917. The molecule has 1 aliphatic rings. The van der Waals surface area contributed by atoms with Crippen molar-refractivity contribution in [1.29, 1.82) is 0 Å². The largest absolute Gasteiger partial charge is 0.393 e. The first-order valence-electron chi connectivity index (χ1n) is 7.01. The molecule has 8 heteroatoms. The first-order valence-corrected chi connectivity index (χ1v) is 8.81. The highest BCUT2D eigenvalue weighted by Crippen LogP contribution is 2.16. The van der Waals surface area contributed by atoms with Crippen molar-refractivity contribution in [3.63, 3.8) is 0 Å². The monoisotopic (exact) mass is 323 g/mol. The van der Waals surface area contributed by atoms with Gasteiger partial charge >= 0.3 is 0 Å². The van der Waals surface area contributed by atoms with Crippen molar-refractivity contribution in [2.45, 2.75) is 32.1 Å². The molecule has 0 atom stereocenters. The Morgan fingerprint density at radius 1 is 1.25 bits per heavy atom. The Morgan fingerprint density at radius 2 is 1.85 bits per heavy atom. The molecule has 0 radical (unpaired) electrons. The van der Waals surface area contributed by atoms with Gasteiger partial charge in [-0.2, -0.15) is 17.0 Å². The van der Waals surface area contributed by atoms with Crippen molar-refractivity contribution in [2.75, 3.05) is 39.9 Å². The average Bonchev–Trinajstić information content (AvgIpc) is 2.67. The zero-order chi connectivity index (χ0) is 15.0. The molecule has 20 heavy (non-hydrogen) atoms. The standard InChI is InChI=1S/C12H25N3O3S2/c1-18-11-10-15(9-6-12(13)19)20(16,17)14-7-4-2-3-5-8-14/h2-11H2,1H3,(H2,13,19). The van der Waals surface area contributed by atoms with Crippen LogP contribution in [0.1, 0.15) is 32.1 Å². The van der Waals surface area contributed by atoms with Crippen LogP contribution in [0.3, 0.4) is 0 Å². The highest BCUT2D eigenvalue weighted by atomic mass is 32.2. The highest BCUT2D eigenvalue weighted by molar-refractivity contribution is 7.86. The van der Waals surface area contributed by atoms with Gasteiger partial charge in [-0.25, -0.2) is 0 Å². The number of hydrogen-bond donors (Lipinski definition) is 1. The molecule has 0 aromatic rings. The number of hydrogen-bond acceptors (Lipinski definition) is 4. The van der Waals surface area contributed by atoms with Crippen LogP contribution in [0.4, 0.5) is 0 Å². The lowest BCUT2D eigenvalue weighted by Crippen LogP contribution is -2.46. The zero-order valence-electron chi connectivity index (χ0n) is 12.1. The summed E-state index contributed by atoms with van der Waals surface area (Å²) in [6.45, 7) is 2.21. The molecule has 0 aromatic heterocycles. The smallest absolute Gasteiger partial charge is 0.282 e. The molecule has 0 aliphatic carbocycles. The Balaban J connectivity index is 2.75. The summed E-state index contributed by atoms with van der Waals surface area (Å²) in [7, 11) is -1.88. The second-order valence-electron chi connectivity index (χ2n) is 4.93. The molecule has 0 unspecified atom stereocenters. The summed E-state index contributed by atoms with van der Waals surface area (Å²) in [4.78, 5) is 0.332. The van der Waals surface area contributed by atoms with E-state index in [1.165, 1.54) is 4.31 Å². The molecule has 0 spiro atoms. The molecule has 0 bridgehead atoms. The van der Waals surface area contributed by atoms with Crippen LogP contribution in [0.25, 0.3) is 0 Å². The maximum absolute atomic E-state index is 12.7. The van der Waals surface area contributed by atoms with E-state index in [9.17, 15) is 8.42 Å². The molecule has 0 aromatic carbocycles. The minimum Gasteiger partial charge on any atom is -0.393 e. The van der Waals surface area contributed by atoms with Crippen LogP contribution in [0.2, 0.25) is 0 Å². The number of nitrogens with zero attached hydrogens (tertiary/aromatic N) is 2. The Hall–Kier alpha value is -0.280. The molecule has 2 N–H and O–H groups in total. The average molecular weight is 323 g/mol. The molecule has 0 saturated carbocycles.